The van der Waals surface area contributed by atoms with Crippen LogP contribution in [-0.2, 0) is 10.3 Å². The van der Waals surface area contributed by atoms with E-state index in [1.54, 1.807) is 18.0 Å². The fraction of sp³-hybridized carbons (Fsp3) is 0.577. The second-order valence-electron chi connectivity index (χ2n) is 10.7. The number of aromatic nitrogens is 7. The molecule has 0 spiro atoms. The first-order valence-corrected chi connectivity index (χ1v) is 13.0. The van der Waals surface area contributed by atoms with Gasteiger partial charge in [-0.2, -0.15) is 5.10 Å². The fourth-order valence-electron chi connectivity index (χ4n) is 4.99. The Morgan fingerprint density at radius 2 is 1.97 bits per heavy atom. The molecule has 0 radical (unpaired) electrons. The number of aliphatic hydroxyl groups excluding tert-OH is 1. The van der Waals surface area contributed by atoms with Crippen molar-refractivity contribution in [2.24, 2.45) is 0 Å². The fourth-order valence-corrected chi connectivity index (χ4v) is 4.99. The Balaban J connectivity index is 1.53. The van der Waals surface area contributed by atoms with Crippen LogP contribution in [0.2, 0.25) is 0 Å². The van der Waals surface area contributed by atoms with E-state index in [1.807, 2.05) is 37.7 Å². The highest BCUT2D eigenvalue weighted by Gasteiger charge is 2.32. The van der Waals surface area contributed by atoms with E-state index in [2.05, 4.69) is 31.7 Å². The number of anilines is 1. The van der Waals surface area contributed by atoms with E-state index < -0.39 is 11.7 Å². The molecule has 1 fully saturated rings. The second-order valence-corrected chi connectivity index (χ2v) is 10.7. The lowest BCUT2D eigenvalue weighted by atomic mass is 9.85. The highest BCUT2D eigenvalue weighted by atomic mass is 19.1. The normalized spacial score (nSPS) is 20.1. The molecule has 2 atom stereocenters. The number of halogens is 1. The standard InChI is InChI=1S/C26H35FN8O3/c1-15(14-37-5)30-25-28-12-22-20(10-21(35(22)33-25)17-6-8-19(36)9-7-17)18-11-29-34(13-18)26(3,4)24-32-31-23(38-24)16(2)27/h10-13,15-17,19,36H,6-9,14H2,1-5H3,(H,30,33)/t15-,16?,17?,19?/m0/s1. The van der Waals surface area contributed by atoms with Gasteiger partial charge >= 0.3 is 0 Å². The van der Waals surface area contributed by atoms with Gasteiger partial charge in [0.1, 0.15) is 5.54 Å². The lowest BCUT2D eigenvalue weighted by molar-refractivity contribution is 0.121. The van der Waals surface area contributed by atoms with Gasteiger partial charge in [-0.25, -0.2) is 13.9 Å². The topological polar surface area (TPSA) is 128 Å². The Hall–Kier alpha value is -3.38. The molecule has 5 rings (SSSR count). The smallest absolute Gasteiger partial charge is 0.250 e. The first kappa shape index (κ1) is 26.2. The molecule has 0 aliphatic heterocycles. The van der Waals surface area contributed by atoms with Crippen LogP contribution >= 0.6 is 0 Å². The SMILES string of the molecule is COC[C@H](C)Nc1ncc2c(-c3cnn(C(C)(C)c4nnc(C(C)F)o4)c3)cc(C3CCC(O)CC3)n2n1. The summed E-state index contributed by atoms with van der Waals surface area (Å²) in [5, 5.41) is 30.7. The molecule has 4 aromatic rings. The molecule has 4 aromatic heterocycles. The van der Waals surface area contributed by atoms with Crippen molar-refractivity contribution in [3.8, 4) is 11.1 Å². The number of nitrogens with zero attached hydrogens (tertiary/aromatic N) is 7. The van der Waals surface area contributed by atoms with Crippen LogP contribution < -0.4 is 5.32 Å². The number of nitrogens with one attached hydrogen (secondary N) is 1. The molecule has 12 heteroatoms. The van der Waals surface area contributed by atoms with E-state index in [4.69, 9.17) is 14.3 Å². The number of rotatable bonds is 9. The Morgan fingerprint density at radius 1 is 1.21 bits per heavy atom. The van der Waals surface area contributed by atoms with Crippen molar-refractivity contribution in [3.63, 3.8) is 0 Å². The quantitative estimate of drug-likeness (QED) is 0.329. The summed E-state index contributed by atoms with van der Waals surface area (Å²) >= 11 is 0. The first-order chi connectivity index (χ1) is 18.2. The van der Waals surface area contributed by atoms with Crippen molar-refractivity contribution in [1.82, 2.24) is 34.6 Å². The van der Waals surface area contributed by atoms with Gasteiger partial charge in [-0.05, 0) is 59.4 Å². The molecular weight excluding hydrogens is 491 g/mol. The van der Waals surface area contributed by atoms with Crippen molar-refractivity contribution in [2.75, 3.05) is 19.0 Å². The molecule has 2 N–H and O–H groups in total. The van der Waals surface area contributed by atoms with Crippen molar-refractivity contribution in [2.45, 2.75) is 83.2 Å². The molecule has 1 saturated carbocycles. The number of ether oxygens (including phenoxy) is 1. The summed E-state index contributed by atoms with van der Waals surface area (Å²) < 4.78 is 28.2. The predicted molar refractivity (Wildman–Crippen MR) is 139 cm³/mol. The summed E-state index contributed by atoms with van der Waals surface area (Å²) in [5.41, 5.74) is 2.99. The Kier molecular flexibility index (Phi) is 7.19. The van der Waals surface area contributed by atoms with E-state index in [1.165, 1.54) is 6.92 Å². The highest BCUT2D eigenvalue weighted by Crippen LogP contribution is 2.38. The minimum atomic E-state index is -1.34. The number of methoxy groups -OCH3 is 1. The molecular formula is C26H35FN8O3. The lowest BCUT2D eigenvalue weighted by Crippen LogP contribution is -2.28. The molecule has 0 saturated heterocycles. The van der Waals surface area contributed by atoms with Gasteiger partial charge in [0.25, 0.3) is 0 Å². The van der Waals surface area contributed by atoms with Gasteiger partial charge in [-0.3, -0.25) is 4.68 Å². The molecule has 1 unspecified atom stereocenters. The van der Waals surface area contributed by atoms with Crippen molar-refractivity contribution >= 4 is 11.5 Å². The number of fused-ring (bicyclic) bond motifs is 1. The van der Waals surface area contributed by atoms with Crippen LogP contribution in [0.15, 0.2) is 29.1 Å². The zero-order chi connectivity index (χ0) is 27.0. The molecule has 38 heavy (non-hydrogen) atoms. The maximum absolute atomic E-state index is 13.7. The van der Waals surface area contributed by atoms with Crippen LogP contribution in [0.3, 0.4) is 0 Å². The minimum Gasteiger partial charge on any atom is -0.419 e. The Morgan fingerprint density at radius 3 is 2.66 bits per heavy atom. The van der Waals surface area contributed by atoms with E-state index in [9.17, 15) is 9.50 Å². The van der Waals surface area contributed by atoms with E-state index in [0.29, 0.717) is 12.6 Å². The van der Waals surface area contributed by atoms with Crippen molar-refractivity contribution < 1.29 is 18.7 Å². The Labute approximate surface area is 220 Å². The van der Waals surface area contributed by atoms with Gasteiger partial charge in [0, 0.05) is 42.1 Å². The third kappa shape index (κ3) is 5.02. The van der Waals surface area contributed by atoms with E-state index in [-0.39, 0.29) is 29.8 Å². The third-order valence-corrected chi connectivity index (χ3v) is 7.22. The van der Waals surface area contributed by atoms with Crippen LogP contribution in [-0.4, -0.2) is 65.5 Å². The van der Waals surface area contributed by atoms with Gasteiger partial charge in [0.2, 0.25) is 17.7 Å². The van der Waals surface area contributed by atoms with Gasteiger partial charge in [-0.1, -0.05) is 0 Å². The first-order valence-electron chi connectivity index (χ1n) is 13.0. The third-order valence-electron chi connectivity index (χ3n) is 7.22. The summed E-state index contributed by atoms with van der Waals surface area (Å²) in [7, 11) is 1.66. The Bertz CT molecular complexity index is 1390. The number of hydrogen-bond acceptors (Lipinski definition) is 9. The van der Waals surface area contributed by atoms with Crippen LogP contribution in [0.4, 0.5) is 10.3 Å². The molecule has 0 amide bonds. The van der Waals surface area contributed by atoms with Gasteiger partial charge in [0.05, 0.1) is 30.6 Å². The monoisotopic (exact) mass is 526 g/mol. The van der Waals surface area contributed by atoms with Crippen LogP contribution in [0.25, 0.3) is 16.6 Å². The van der Waals surface area contributed by atoms with Gasteiger partial charge in [0.15, 0.2) is 6.17 Å². The van der Waals surface area contributed by atoms with E-state index in [0.717, 1.165) is 48.0 Å². The number of aliphatic hydroxyl groups is 1. The minimum absolute atomic E-state index is 0.0480. The molecule has 1 aliphatic carbocycles. The predicted octanol–water partition coefficient (Wildman–Crippen LogP) is 4.26. The second kappa shape index (κ2) is 10.4. The zero-order valence-electron chi connectivity index (χ0n) is 22.4. The largest absolute Gasteiger partial charge is 0.419 e. The summed E-state index contributed by atoms with van der Waals surface area (Å²) in [6, 6.07) is 2.20. The van der Waals surface area contributed by atoms with Crippen LogP contribution in [0, 0.1) is 0 Å². The average Bonchev–Trinajstić information content (AvgIpc) is 3.63. The van der Waals surface area contributed by atoms with Crippen molar-refractivity contribution in [3.05, 3.63) is 42.1 Å². The zero-order valence-corrected chi connectivity index (χ0v) is 22.4. The molecule has 4 heterocycles. The number of hydrogen-bond donors (Lipinski definition) is 2. The molecule has 0 bridgehead atoms. The summed E-state index contributed by atoms with van der Waals surface area (Å²) in [6.07, 6.45) is 7.24. The number of alkyl halides is 1. The molecule has 11 nitrogen and oxygen atoms in total. The van der Waals surface area contributed by atoms with E-state index >= 15 is 0 Å². The van der Waals surface area contributed by atoms with Crippen molar-refractivity contribution in [1.29, 1.82) is 0 Å². The van der Waals surface area contributed by atoms with Crippen LogP contribution in [0.5, 0.6) is 0 Å². The molecule has 0 aromatic carbocycles. The lowest BCUT2D eigenvalue weighted by Gasteiger charge is -2.25. The van der Waals surface area contributed by atoms with Crippen LogP contribution in [0.1, 0.15) is 82.9 Å². The maximum Gasteiger partial charge on any atom is 0.250 e. The average molecular weight is 527 g/mol. The van der Waals surface area contributed by atoms with Gasteiger partial charge in [-0.15, -0.1) is 15.3 Å². The molecule has 204 valence electrons. The molecule has 1 aliphatic rings. The maximum atomic E-state index is 13.7. The summed E-state index contributed by atoms with van der Waals surface area (Å²) in [5.74, 6) is 1.01. The summed E-state index contributed by atoms with van der Waals surface area (Å²) in [4.78, 5) is 4.57. The highest BCUT2D eigenvalue weighted by molar-refractivity contribution is 5.81. The summed E-state index contributed by atoms with van der Waals surface area (Å²) in [6.45, 7) is 7.69. The van der Waals surface area contributed by atoms with Gasteiger partial charge < -0.3 is 19.6 Å².